The first-order chi connectivity index (χ1) is 10.8. The second kappa shape index (κ2) is 5.30. The molecule has 4 rings (SSSR count). The molecule has 0 saturated carbocycles. The Balaban J connectivity index is 1.66. The fourth-order valence-electron chi connectivity index (χ4n) is 2.16. The van der Waals surface area contributed by atoms with Gasteiger partial charge in [-0.1, -0.05) is 11.3 Å². The minimum absolute atomic E-state index is 0.201. The predicted molar refractivity (Wildman–Crippen MR) is 82.5 cm³/mol. The van der Waals surface area contributed by atoms with Crippen LogP contribution in [0.25, 0.3) is 4.96 Å². The van der Waals surface area contributed by atoms with Gasteiger partial charge < -0.3 is 14.8 Å². The zero-order valence-electron chi connectivity index (χ0n) is 11.5. The number of aromatic nitrogens is 3. The van der Waals surface area contributed by atoms with Crippen LogP contribution in [0.3, 0.4) is 0 Å². The largest absolute Gasteiger partial charge is 0.490 e. The lowest BCUT2D eigenvalue weighted by Crippen LogP contribution is -2.12. The summed E-state index contributed by atoms with van der Waals surface area (Å²) in [7, 11) is 0. The van der Waals surface area contributed by atoms with Crippen molar-refractivity contribution in [1.82, 2.24) is 14.6 Å². The van der Waals surface area contributed by atoms with E-state index in [2.05, 4.69) is 15.4 Å². The number of benzene rings is 1. The summed E-state index contributed by atoms with van der Waals surface area (Å²) in [6.45, 7) is 1.29. The van der Waals surface area contributed by atoms with E-state index in [1.165, 1.54) is 28.1 Å². The highest BCUT2D eigenvalue weighted by atomic mass is 32.1. The van der Waals surface area contributed by atoms with Crippen molar-refractivity contribution >= 4 is 27.1 Å². The first-order valence-electron chi connectivity index (χ1n) is 6.81. The van der Waals surface area contributed by atoms with E-state index >= 15 is 0 Å². The number of nitrogens with one attached hydrogen (secondary N) is 1. The van der Waals surface area contributed by atoms with E-state index in [4.69, 9.17) is 9.47 Å². The average Bonchev–Trinajstić information content (AvgIpc) is 2.78. The SMILES string of the molecule is O=c1ccnc2sc(Nc3ccc4c(c3)OCCCO4)nn12. The summed E-state index contributed by atoms with van der Waals surface area (Å²) in [6.07, 6.45) is 2.34. The van der Waals surface area contributed by atoms with Crippen LogP contribution in [0.4, 0.5) is 10.8 Å². The van der Waals surface area contributed by atoms with Crippen LogP contribution in [-0.2, 0) is 0 Å². The molecule has 7 nitrogen and oxygen atoms in total. The summed E-state index contributed by atoms with van der Waals surface area (Å²) < 4.78 is 12.5. The number of fused-ring (bicyclic) bond motifs is 2. The molecule has 3 aromatic rings. The molecule has 0 bridgehead atoms. The number of hydrogen-bond acceptors (Lipinski definition) is 7. The lowest BCUT2D eigenvalue weighted by molar-refractivity contribution is 0.297. The molecule has 0 aliphatic carbocycles. The smallest absolute Gasteiger partial charge is 0.275 e. The summed E-state index contributed by atoms with van der Waals surface area (Å²) in [6, 6.07) is 6.99. The first kappa shape index (κ1) is 13.1. The molecular weight excluding hydrogens is 304 g/mol. The Kier molecular flexibility index (Phi) is 3.15. The maximum absolute atomic E-state index is 11.7. The van der Waals surface area contributed by atoms with E-state index < -0.39 is 0 Å². The molecule has 3 heterocycles. The Hall–Kier alpha value is -2.61. The van der Waals surface area contributed by atoms with Gasteiger partial charge in [-0.3, -0.25) is 4.79 Å². The summed E-state index contributed by atoms with van der Waals surface area (Å²) in [5.41, 5.74) is 0.615. The van der Waals surface area contributed by atoms with E-state index in [1.54, 1.807) is 0 Å². The van der Waals surface area contributed by atoms with E-state index in [1.807, 2.05) is 18.2 Å². The monoisotopic (exact) mass is 316 g/mol. The van der Waals surface area contributed by atoms with Gasteiger partial charge in [-0.15, -0.1) is 5.10 Å². The van der Waals surface area contributed by atoms with Crippen LogP contribution in [0.15, 0.2) is 35.3 Å². The quantitative estimate of drug-likeness (QED) is 0.780. The first-order valence-corrected chi connectivity index (χ1v) is 7.63. The number of hydrogen-bond donors (Lipinski definition) is 1. The number of nitrogens with zero attached hydrogens (tertiary/aromatic N) is 3. The highest BCUT2D eigenvalue weighted by Gasteiger charge is 2.12. The Morgan fingerprint density at radius 1 is 1.18 bits per heavy atom. The van der Waals surface area contributed by atoms with Crippen molar-refractivity contribution in [2.45, 2.75) is 6.42 Å². The molecule has 1 aliphatic rings. The van der Waals surface area contributed by atoms with Crippen LogP contribution in [0.2, 0.25) is 0 Å². The molecule has 2 aromatic heterocycles. The van der Waals surface area contributed by atoms with Crippen LogP contribution < -0.4 is 20.3 Å². The highest BCUT2D eigenvalue weighted by Crippen LogP contribution is 2.33. The van der Waals surface area contributed by atoms with E-state index in [-0.39, 0.29) is 5.56 Å². The molecule has 112 valence electrons. The Labute approximate surface area is 129 Å². The molecule has 0 spiro atoms. The van der Waals surface area contributed by atoms with Gasteiger partial charge in [0.1, 0.15) is 0 Å². The molecule has 1 aromatic carbocycles. The molecule has 1 N–H and O–H groups in total. The van der Waals surface area contributed by atoms with Gasteiger partial charge >= 0.3 is 0 Å². The second-order valence-electron chi connectivity index (χ2n) is 4.72. The van der Waals surface area contributed by atoms with E-state index in [0.717, 1.165) is 17.9 Å². The summed E-state index contributed by atoms with van der Waals surface area (Å²) in [5, 5.41) is 7.97. The van der Waals surface area contributed by atoms with Crippen molar-refractivity contribution in [2.24, 2.45) is 0 Å². The summed E-state index contributed by atoms with van der Waals surface area (Å²) >= 11 is 1.31. The molecule has 22 heavy (non-hydrogen) atoms. The van der Waals surface area contributed by atoms with Crippen LogP contribution in [0.5, 0.6) is 11.5 Å². The highest BCUT2D eigenvalue weighted by molar-refractivity contribution is 7.20. The van der Waals surface area contributed by atoms with Crippen LogP contribution in [-0.4, -0.2) is 27.8 Å². The molecule has 8 heteroatoms. The lowest BCUT2D eigenvalue weighted by atomic mass is 10.3. The van der Waals surface area contributed by atoms with Gasteiger partial charge in [0.05, 0.1) is 13.2 Å². The van der Waals surface area contributed by atoms with Gasteiger partial charge in [-0.2, -0.15) is 4.52 Å². The molecule has 0 amide bonds. The van der Waals surface area contributed by atoms with E-state index in [0.29, 0.717) is 29.1 Å². The predicted octanol–water partition coefficient (Wildman–Crippen LogP) is 2.06. The van der Waals surface area contributed by atoms with Crippen LogP contribution >= 0.6 is 11.3 Å². The Morgan fingerprint density at radius 3 is 2.91 bits per heavy atom. The van der Waals surface area contributed by atoms with Crippen molar-refractivity contribution < 1.29 is 9.47 Å². The summed E-state index contributed by atoms with van der Waals surface area (Å²) in [4.78, 5) is 16.3. The van der Waals surface area contributed by atoms with Gasteiger partial charge in [0.15, 0.2) is 11.5 Å². The number of ether oxygens (including phenoxy) is 2. The molecule has 0 saturated heterocycles. The molecular formula is C14H12N4O3S. The minimum atomic E-state index is -0.201. The van der Waals surface area contributed by atoms with Crippen molar-refractivity contribution in [2.75, 3.05) is 18.5 Å². The third-order valence-electron chi connectivity index (χ3n) is 3.17. The molecule has 0 radical (unpaired) electrons. The average molecular weight is 316 g/mol. The minimum Gasteiger partial charge on any atom is -0.490 e. The van der Waals surface area contributed by atoms with Crippen LogP contribution in [0.1, 0.15) is 6.42 Å². The third kappa shape index (κ3) is 2.37. The zero-order chi connectivity index (χ0) is 14.9. The van der Waals surface area contributed by atoms with Crippen molar-refractivity contribution in [3.63, 3.8) is 0 Å². The standard InChI is InChI=1S/C14H12N4O3S/c19-12-4-5-15-14-18(12)17-13(22-14)16-9-2-3-10-11(8-9)21-7-1-6-20-10/h2-5,8H,1,6-7H2,(H,16,17). The zero-order valence-corrected chi connectivity index (χ0v) is 12.3. The van der Waals surface area contributed by atoms with Crippen molar-refractivity contribution in [3.05, 3.63) is 40.8 Å². The van der Waals surface area contributed by atoms with E-state index in [9.17, 15) is 4.79 Å². The van der Waals surface area contributed by atoms with Crippen LogP contribution in [0, 0.1) is 0 Å². The maximum Gasteiger partial charge on any atom is 0.275 e. The van der Waals surface area contributed by atoms with Gasteiger partial charge in [0.2, 0.25) is 10.1 Å². The molecule has 0 atom stereocenters. The number of rotatable bonds is 2. The van der Waals surface area contributed by atoms with Crippen molar-refractivity contribution in [1.29, 1.82) is 0 Å². The topological polar surface area (TPSA) is 77.8 Å². The maximum atomic E-state index is 11.7. The van der Waals surface area contributed by atoms with Crippen molar-refractivity contribution in [3.8, 4) is 11.5 Å². The Bertz CT molecular complexity index is 889. The second-order valence-corrected chi connectivity index (χ2v) is 5.68. The fourth-order valence-corrected chi connectivity index (χ4v) is 2.95. The molecule has 0 unspecified atom stereocenters. The lowest BCUT2D eigenvalue weighted by Gasteiger charge is -2.09. The normalized spacial score (nSPS) is 13.8. The van der Waals surface area contributed by atoms with Gasteiger partial charge in [0.25, 0.3) is 5.56 Å². The number of anilines is 2. The van der Waals surface area contributed by atoms with Gasteiger partial charge in [0, 0.05) is 30.4 Å². The van der Waals surface area contributed by atoms with Gasteiger partial charge in [-0.05, 0) is 12.1 Å². The summed E-state index contributed by atoms with van der Waals surface area (Å²) in [5.74, 6) is 1.45. The molecule has 0 fully saturated rings. The third-order valence-corrected chi connectivity index (χ3v) is 4.01. The van der Waals surface area contributed by atoms with Gasteiger partial charge in [-0.25, -0.2) is 4.98 Å². The fraction of sp³-hybridized carbons (Fsp3) is 0.214. The Morgan fingerprint density at radius 2 is 2.05 bits per heavy atom. The molecule has 1 aliphatic heterocycles.